The topological polar surface area (TPSA) is 163 Å². The van der Waals surface area contributed by atoms with Gasteiger partial charge in [-0.15, -0.1) is 0 Å². The Balaban J connectivity index is 2.18. The molecule has 1 saturated heterocycles. The normalized spacial score (nSPS) is 17.0. The maximum Gasteiger partial charge on any atom is 0.408 e. The molecule has 4 amide bonds. The Kier molecular flexibility index (Phi) is 15.4. The number of ether oxygens (including phenoxy) is 2. The van der Waals surface area contributed by atoms with Gasteiger partial charge in [0.15, 0.2) is 0 Å². The van der Waals surface area contributed by atoms with Crippen LogP contribution in [0.1, 0.15) is 93.1 Å². The van der Waals surface area contributed by atoms with E-state index >= 15 is 0 Å². The molecule has 0 saturated carbocycles. The number of aliphatic carboxylic acids is 1. The molecule has 1 fully saturated rings. The Morgan fingerprint density at radius 3 is 2.15 bits per heavy atom. The molecule has 268 valence electrons. The van der Waals surface area contributed by atoms with Crippen molar-refractivity contribution in [1.29, 1.82) is 0 Å². The second-order valence-corrected chi connectivity index (χ2v) is 14.7. The Labute approximate surface area is 285 Å². The number of nitrogens with one attached hydrogen (secondary N) is 3. The van der Waals surface area contributed by atoms with Gasteiger partial charge in [0, 0.05) is 13.1 Å². The van der Waals surface area contributed by atoms with Crippen LogP contribution >= 0.6 is 0 Å². The van der Waals surface area contributed by atoms with Crippen molar-refractivity contribution in [1.82, 2.24) is 20.9 Å². The van der Waals surface area contributed by atoms with Gasteiger partial charge in [0.1, 0.15) is 23.3 Å². The van der Waals surface area contributed by atoms with Crippen molar-refractivity contribution >= 4 is 30.0 Å². The molecular weight excluding hydrogens is 616 g/mol. The highest BCUT2D eigenvalue weighted by atomic mass is 16.6. The number of hydrogen-bond acceptors (Lipinski definition) is 7. The second kappa shape index (κ2) is 18.5. The summed E-state index contributed by atoms with van der Waals surface area (Å²) in [6.07, 6.45) is 4.85. The van der Waals surface area contributed by atoms with E-state index in [-0.39, 0.29) is 30.8 Å². The molecule has 12 heteroatoms. The number of carboxylic acids is 1. The molecule has 0 aliphatic carbocycles. The molecule has 1 aliphatic rings. The van der Waals surface area contributed by atoms with E-state index in [1.54, 1.807) is 47.6 Å². The van der Waals surface area contributed by atoms with Gasteiger partial charge in [-0.1, -0.05) is 56.3 Å². The Bertz CT molecular complexity index is 1250. The summed E-state index contributed by atoms with van der Waals surface area (Å²) in [7, 11) is 0. The maximum absolute atomic E-state index is 14.1. The van der Waals surface area contributed by atoms with Gasteiger partial charge >= 0.3 is 18.2 Å². The molecule has 0 aromatic heterocycles. The van der Waals surface area contributed by atoms with E-state index < -0.39 is 53.3 Å². The predicted octanol–water partition coefficient (Wildman–Crippen LogP) is 5.21. The number of carbonyl (C=O) groups excluding carboxylic acids is 4. The molecule has 4 N–H and O–H groups in total. The average molecular weight is 673 g/mol. The highest BCUT2D eigenvalue weighted by Crippen LogP contribution is 2.24. The lowest BCUT2D eigenvalue weighted by molar-refractivity contribution is -0.144. The van der Waals surface area contributed by atoms with Gasteiger partial charge < -0.3 is 35.4 Å². The molecular formula is C36H56N4O8. The van der Waals surface area contributed by atoms with E-state index in [2.05, 4.69) is 16.0 Å². The monoisotopic (exact) mass is 672 g/mol. The van der Waals surface area contributed by atoms with Crippen LogP contribution in [-0.2, 0) is 30.3 Å². The largest absolute Gasteiger partial charge is 0.480 e. The van der Waals surface area contributed by atoms with Gasteiger partial charge in [-0.25, -0.2) is 14.4 Å². The summed E-state index contributed by atoms with van der Waals surface area (Å²) in [6, 6.07) is 7.16. The SMILES string of the molecule is CC(C)C[C@@H](/C=C/[C@@H](Cc1ccccc1)C(=O)N1CCC[C@H]1C(=O)NC(CCCNC(=O)OC(C)(C)C)C(=O)O)NC(=O)OC(C)(C)C. The van der Waals surface area contributed by atoms with Crippen molar-refractivity contribution < 1.29 is 38.6 Å². The van der Waals surface area contributed by atoms with Crippen LogP contribution in [0.25, 0.3) is 0 Å². The fraction of sp³-hybridized carbons (Fsp3) is 0.639. The maximum atomic E-state index is 14.1. The molecule has 0 spiro atoms. The third kappa shape index (κ3) is 15.2. The van der Waals surface area contributed by atoms with E-state index in [9.17, 15) is 29.1 Å². The van der Waals surface area contributed by atoms with Gasteiger partial charge in [-0.05, 0) is 91.5 Å². The van der Waals surface area contributed by atoms with Crippen LogP contribution in [-0.4, -0.2) is 82.4 Å². The van der Waals surface area contributed by atoms with Crippen molar-refractivity contribution in [2.75, 3.05) is 13.1 Å². The number of rotatable bonds is 15. The summed E-state index contributed by atoms with van der Waals surface area (Å²) in [4.78, 5) is 65.6. The molecule has 0 radical (unpaired) electrons. The first kappa shape index (κ1) is 40.1. The lowest BCUT2D eigenvalue weighted by Crippen LogP contribution is -2.52. The van der Waals surface area contributed by atoms with Gasteiger partial charge in [-0.2, -0.15) is 0 Å². The molecule has 12 nitrogen and oxygen atoms in total. The molecule has 1 unspecified atom stereocenters. The zero-order valence-corrected chi connectivity index (χ0v) is 29.8. The zero-order valence-electron chi connectivity index (χ0n) is 29.8. The van der Waals surface area contributed by atoms with Crippen LogP contribution in [0.15, 0.2) is 42.5 Å². The molecule has 1 aromatic carbocycles. The minimum absolute atomic E-state index is 0.0821. The van der Waals surface area contributed by atoms with E-state index in [4.69, 9.17) is 9.47 Å². The first-order valence-corrected chi connectivity index (χ1v) is 16.9. The van der Waals surface area contributed by atoms with E-state index in [0.29, 0.717) is 38.6 Å². The highest BCUT2D eigenvalue weighted by molar-refractivity contribution is 5.92. The first-order chi connectivity index (χ1) is 22.3. The van der Waals surface area contributed by atoms with Crippen LogP contribution in [0.4, 0.5) is 9.59 Å². The second-order valence-electron chi connectivity index (χ2n) is 14.7. The van der Waals surface area contributed by atoms with E-state index in [1.165, 1.54) is 4.90 Å². The highest BCUT2D eigenvalue weighted by Gasteiger charge is 2.38. The fourth-order valence-electron chi connectivity index (χ4n) is 5.38. The number of nitrogens with zero attached hydrogens (tertiary/aromatic N) is 1. The average Bonchev–Trinajstić information content (AvgIpc) is 3.44. The number of benzene rings is 1. The number of carbonyl (C=O) groups is 5. The lowest BCUT2D eigenvalue weighted by Gasteiger charge is -2.29. The van der Waals surface area contributed by atoms with E-state index in [0.717, 1.165) is 5.56 Å². The van der Waals surface area contributed by atoms with Gasteiger partial charge in [0.25, 0.3) is 0 Å². The summed E-state index contributed by atoms with van der Waals surface area (Å²) < 4.78 is 10.7. The third-order valence-electron chi connectivity index (χ3n) is 7.41. The van der Waals surface area contributed by atoms with Crippen molar-refractivity contribution in [2.24, 2.45) is 11.8 Å². The van der Waals surface area contributed by atoms with Crippen LogP contribution in [0.2, 0.25) is 0 Å². The molecule has 1 heterocycles. The minimum atomic E-state index is -1.20. The van der Waals surface area contributed by atoms with Crippen LogP contribution in [0.5, 0.6) is 0 Å². The zero-order chi connectivity index (χ0) is 36.1. The fourth-order valence-corrected chi connectivity index (χ4v) is 5.38. The third-order valence-corrected chi connectivity index (χ3v) is 7.41. The number of carboxylic acid groups (broad SMARTS) is 1. The van der Waals surface area contributed by atoms with Crippen molar-refractivity contribution in [3.63, 3.8) is 0 Å². The van der Waals surface area contributed by atoms with E-state index in [1.807, 2.05) is 50.3 Å². The van der Waals surface area contributed by atoms with Gasteiger partial charge in [0.2, 0.25) is 11.8 Å². The summed E-state index contributed by atoms with van der Waals surface area (Å²) >= 11 is 0. The number of likely N-dealkylation sites (tertiary alicyclic amines) is 1. The quantitative estimate of drug-likeness (QED) is 0.146. The Morgan fingerprint density at radius 1 is 0.938 bits per heavy atom. The summed E-state index contributed by atoms with van der Waals surface area (Å²) in [6.45, 7) is 15.2. The first-order valence-electron chi connectivity index (χ1n) is 16.9. The molecule has 1 aliphatic heterocycles. The van der Waals surface area contributed by atoms with Crippen molar-refractivity contribution in [3.8, 4) is 0 Å². The number of alkyl carbamates (subject to hydrolysis) is 2. The molecule has 2 rings (SSSR count). The Hall–Kier alpha value is -4.09. The number of amides is 4. The molecule has 0 bridgehead atoms. The number of hydrogen-bond donors (Lipinski definition) is 4. The standard InChI is InChI=1S/C36H56N4O8/c1-24(2)22-27(38-34(46)48-36(6,7)8)19-18-26(23-25-14-10-9-11-15-25)31(42)40-21-13-17-29(40)30(41)39-28(32(43)44)16-12-20-37-33(45)47-35(3,4)5/h9-11,14-15,18-19,24,26-29H,12-13,16-17,20-23H2,1-8H3,(H,37,45)(H,38,46)(H,39,41)(H,43,44)/b19-18+/t26-,27+,28?,29-/m0/s1. The minimum Gasteiger partial charge on any atom is -0.480 e. The van der Waals surface area contributed by atoms with Crippen molar-refractivity contribution in [2.45, 2.75) is 123 Å². The smallest absolute Gasteiger partial charge is 0.408 e. The van der Waals surface area contributed by atoms with Crippen molar-refractivity contribution in [3.05, 3.63) is 48.0 Å². The molecule has 1 aromatic rings. The molecule has 48 heavy (non-hydrogen) atoms. The predicted molar refractivity (Wildman–Crippen MR) is 183 cm³/mol. The summed E-state index contributed by atoms with van der Waals surface area (Å²) in [5.41, 5.74) is -0.383. The lowest BCUT2D eigenvalue weighted by atomic mass is 9.95. The van der Waals surface area contributed by atoms with Gasteiger partial charge in [0.05, 0.1) is 12.0 Å². The Morgan fingerprint density at radius 2 is 1.56 bits per heavy atom. The van der Waals surface area contributed by atoms with Crippen LogP contribution < -0.4 is 16.0 Å². The summed E-state index contributed by atoms with van der Waals surface area (Å²) in [5.74, 6) is -2.36. The van der Waals surface area contributed by atoms with Gasteiger partial charge in [-0.3, -0.25) is 9.59 Å². The van der Waals surface area contributed by atoms with Crippen LogP contribution in [0, 0.1) is 11.8 Å². The van der Waals surface area contributed by atoms with Crippen LogP contribution in [0.3, 0.4) is 0 Å². The molecule has 4 atom stereocenters. The summed E-state index contributed by atoms with van der Waals surface area (Å²) in [5, 5.41) is 17.9.